The fraction of sp³-hybridized carbons (Fsp3) is 0.857. The lowest BCUT2D eigenvalue weighted by Crippen LogP contribution is -2.42. The molecule has 0 aromatic carbocycles. The maximum atomic E-state index is 11.0. The average Bonchev–Trinajstić information content (AvgIpc) is 2.05. The van der Waals surface area contributed by atoms with Crippen LogP contribution in [0, 0.1) is 5.41 Å². The number of carboxylic acid groups (broad SMARTS) is 1. The van der Waals surface area contributed by atoms with Gasteiger partial charge in [0.05, 0.1) is 23.5 Å². The first-order valence-corrected chi connectivity index (χ1v) is 5.79. The molecule has 0 aromatic heterocycles. The molecule has 1 rings (SSSR count). The molecular weight excluding hydrogens is 196 g/mol. The third-order valence-electron chi connectivity index (χ3n) is 2.54. The zero-order chi connectivity index (χ0) is 10.1. The summed E-state index contributed by atoms with van der Waals surface area (Å²) in [5.74, 6) is -1.38. The highest BCUT2D eigenvalue weighted by Crippen LogP contribution is 2.32. The van der Waals surface area contributed by atoms with Crippen LogP contribution in [0.25, 0.3) is 0 Å². The van der Waals surface area contributed by atoms with Crippen LogP contribution in [-0.2, 0) is 14.6 Å². The Kier molecular flexibility index (Phi) is 2.63. The van der Waals surface area contributed by atoms with E-state index in [2.05, 4.69) is 0 Å². The minimum Gasteiger partial charge on any atom is -0.481 e. The van der Waals surface area contributed by atoms with Gasteiger partial charge in [0.25, 0.3) is 0 Å². The summed E-state index contributed by atoms with van der Waals surface area (Å²) in [7, 11) is -3.07. The zero-order valence-corrected chi connectivity index (χ0v) is 7.88. The van der Waals surface area contributed by atoms with Gasteiger partial charge < -0.3 is 10.2 Å². The van der Waals surface area contributed by atoms with Gasteiger partial charge in [0.2, 0.25) is 0 Å². The van der Waals surface area contributed by atoms with Crippen molar-refractivity contribution in [2.75, 3.05) is 18.1 Å². The molecule has 0 saturated carbocycles. The summed E-state index contributed by atoms with van der Waals surface area (Å²) >= 11 is 0. The molecule has 1 aliphatic heterocycles. The Hall–Kier alpha value is -0.620. The van der Waals surface area contributed by atoms with Gasteiger partial charge in [-0.15, -0.1) is 0 Å². The lowest BCUT2D eigenvalue weighted by molar-refractivity contribution is -0.152. The van der Waals surface area contributed by atoms with Gasteiger partial charge in [0.1, 0.15) is 9.84 Å². The van der Waals surface area contributed by atoms with Crippen molar-refractivity contribution in [3.8, 4) is 0 Å². The van der Waals surface area contributed by atoms with Gasteiger partial charge >= 0.3 is 5.97 Å². The van der Waals surface area contributed by atoms with Crippen molar-refractivity contribution in [3.05, 3.63) is 0 Å². The van der Waals surface area contributed by atoms with Crippen molar-refractivity contribution in [2.24, 2.45) is 5.41 Å². The van der Waals surface area contributed by atoms with Crippen LogP contribution in [0.15, 0.2) is 0 Å². The van der Waals surface area contributed by atoms with Gasteiger partial charge in [-0.2, -0.15) is 0 Å². The van der Waals surface area contributed by atoms with Gasteiger partial charge in [-0.3, -0.25) is 4.79 Å². The van der Waals surface area contributed by atoms with Gasteiger partial charge in [-0.25, -0.2) is 8.42 Å². The molecule has 76 valence electrons. The smallest absolute Gasteiger partial charge is 0.312 e. The van der Waals surface area contributed by atoms with Gasteiger partial charge in [-0.05, 0) is 12.8 Å². The summed E-state index contributed by atoms with van der Waals surface area (Å²) in [5, 5.41) is 17.7. The first kappa shape index (κ1) is 10.5. The Morgan fingerprint density at radius 1 is 1.31 bits per heavy atom. The fourth-order valence-electron chi connectivity index (χ4n) is 1.37. The standard InChI is InChI=1S/C7H12O5S/c8-5-7(6(9)10)1-3-13(11,12)4-2-7/h8H,1-5H2,(H,9,10). The molecule has 6 heteroatoms. The maximum Gasteiger partial charge on any atom is 0.312 e. The number of aliphatic carboxylic acids is 1. The van der Waals surface area contributed by atoms with Gasteiger partial charge in [0, 0.05) is 0 Å². The molecule has 0 radical (unpaired) electrons. The second-order valence-corrected chi connectivity index (χ2v) is 5.70. The van der Waals surface area contributed by atoms with Crippen molar-refractivity contribution in [1.29, 1.82) is 0 Å². The molecule has 0 spiro atoms. The Balaban J connectivity index is 2.81. The van der Waals surface area contributed by atoms with Crippen LogP contribution < -0.4 is 0 Å². The Morgan fingerprint density at radius 3 is 2.08 bits per heavy atom. The van der Waals surface area contributed by atoms with Gasteiger partial charge in [-0.1, -0.05) is 0 Å². The topological polar surface area (TPSA) is 91.7 Å². The summed E-state index contributed by atoms with van der Waals surface area (Å²) in [6.07, 6.45) is 0.0301. The average molecular weight is 208 g/mol. The molecule has 1 heterocycles. The van der Waals surface area contributed by atoms with Crippen LogP contribution in [0.2, 0.25) is 0 Å². The number of aliphatic hydroxyl groups excluding tert-OH is 1. The van der Waals surface area contributed by atoms with E-state index in [0.717, 1.165) is 0 Å². The van der Waals surface area contributed by atoms with E-state index in [1.807, 2.05) is 0 Å². The summed E-state index contributed by atoms with van der Waals surface area (Å²) in [5.41, 5.74) is -1.23. The molecule has 1 saturated heterocycles. The molecule has 0 unspecified atom stereocenters. The summed E-state index contributed by atoms with van der Waals surface area (Å²) in [4.78, 5) is 10.8. The number of carboxylic acids is 1. The van der Waals surface area contributed by atoms with E-state index in [1.165, 1.54) is 0 Å². The third-order valence-corrected chi connectivity index (χ3v) is 4.19. The highest BCUT2D eigenvalue weighted by molar-refractivity contribution is 7.91. The predicted molar refractivity (Wildman–Crippen MR) is 45.0 cm³/mol. The predicted octanol–water partition coefficient (Wildman–Crippen LogP) is -0.742. The molecule has 0 atom stereocenters. The minimum atomic E-state index is -3.07. The first-order chi connectivity index (χ1) is 5.92. The van der Waals surface area contributed by atoms with Crippen LogP contribution in [0.3, 0.4) is 0 Å². The number of hydrogen-bond acceptors (Lipinski definition) is 4. The number of hydrogen-bond donors (Lipinski definition) is 2. The molecule has 1 fully saturated rings. The van der Waals surface area contributed by atoms with E-state index in [0.29, 0.717) is 0 Å². The second-order valence-electron chi connectivity index (χ2n) is 3.40. The number of sulfone groups is 1. The first-order valence-electron chi connectivity index (χ1n) is 3.97. The van der Waals surface area contributed by atoms with Crippen molar-refractivity contribution in [2.45, 2.75) is 12.8 Å². The zero-order valence-electron chi connectivity index (χ0n) is 7.06. The SMILES string of the molecule is O=C(O)C1(CO)CCS(=O)(=O)CC1. The van der Waals surface area contributed by atoms with Crippen molar-refractivity contribution >= 4 is 15.8 Å². The van der Waals surface area contributed by atoms with E-state index in [-0.39, 0.29) is 24.3 Å². The number of carbonyl (C=O) groups is 1. The lowest BCUT2D eigenvalue weighted by Gasteiger charge is -2.30. The van der Waals surface area contributed by atoms with Crippen LogP contribution in [-0.4, -0.2) is 42.7 Å². The third kappa shape index (κ3) is 2.00. The van der Waals surface area contributed by atoms with E-state index in [1.54, 1.807) is 0 Å². The Morgan fingerprint density at radius 2 is 1.77 bits per heavy atom. The summed E-state index contributed by atoms with van der Waals surface area (Å²) < 4.78 is 22.0. The van der Waals surface area contributed by atoms with E-state index < -0.39 is 27.8 Å². The van der Waals surface area contributed by atoms with Gasteiger partial charge in [0.15, 0.2) is 0 Å². The van der Waals surface area contributed by atoms with Crippen LogP contribution in [0.4, 0.5) is 0 Å². The van der Waals surface area contributed by atoms with Crippen molar-refractivity contribution in [1.82, 2.24) is 0 Å². The highest BCUT2D eigenvalue weighted by atomic mass is 32.2. The molecule has 1 aliphatic rings. The van der Waals surface area contributed by atoms with E-state index in [9.17, 15) is 13.2 Å². The largest absolute Gasteiger partial charge is 0.481 e. The summed E-state index contributed by atoms with van der Waals surface area (Å²) in [6.45, 7) is -0.488. The molecule has 13 heavy (non-hydrogen) atoms. The maximum absolute atomic E-state index is 11.0. The van der Waals surface area contributed by atoms with E-state index >= 15 is 0 Å². The normalized spacial score (nSPS) is 25.3. The van der Waals surface area contributed by atoms with Crippen molar-refractivity contribution < 1.29 is 23.4 Å². The lowest BCUT2D eigenvalue weighted by atomic mass is 9.83. The Labute approximate surface area is 76.3 Å². The van der Waals surface area contributed by atoms with Crippen molar-refractivity contribution in [3.63, 3.8) is 0 Å². The summed E-state index contributed by atoms with van der Waals surface area (Å²) in [6, 6.07) is 0. The highest BCUT2D eigenvalue weighted by Gasteiger charge is 2.43. The number of aliphatic hydroxyl groups is 1. The van der Waals surface area contributed by atoms with Crippen LogP contribution in [0.1, 0.15) is 12.8 Å². The number of rotatable bonds is 2. The minimum absolute atomic E-state index is 0.0150. The molecule has 0 bridgehead atoms. The molecule has 0 aromatic rings. The second kappa shape index (κ2) is 3.26. The molecule has 0 amide bonds. The molecular formula is C7H12O5S. The Bertz CT molecular complexity index is 291. The fourth-order valence-corrected chi connectivity index (χ4v) is 2.98. The van der Waals surface area contributed by atoms with Crippen LogP contribution in [0.5, 0.6) is 0 Å². The molecule has 2 N–H and O–H groups in total. The molecule has 5 nitrogen and oxygen atoms in total. The molecule has 0 aliphatic carbocycles. The van der Waals surface area contributed by atoms with Crippen LogP contribution >= 0.6 is 0 Å². The monoisotopic (exact) mass is 208 g/mol. The quantitative estimate of drug-likeness (QED) is 0.623. The van der Waals surface area contributed by atoms with E-state index in [4.69, 9.17) is 10.2 Å².